The number of aryl methyl sites for hydroxylation is 1. The lowest BCUT2D eigenvalue weighted by Crippen LogP contribution is -2.36. The number of anilines is 13. The number of carbonyl (C=O) groups excluding carboxylic acids is 6. The average molecular weight is 2030 g/mol. The minimum Gasteiger partial charge on any atom is -0.477 e. The van der Waals surface area contributed by atoms with Gasteiger partial charge in [-0.25, -0.2) is 111 Å². The number of rotatable bonds is 19. The molecule has 0 unspecified atom stereocenters. The first-order valence-corrected chi connectivity index (χ1v) is 48.7. The lowest BCUT2D eigenvalue weighted by atomic mass is 9.92. The Bertz CT molecular complexity index is 8530. The second-order valence-corrected chi connectivity index (χ2v) is 39.2. The number of halogens is 3. The summed E-state index contributed by atoms with van der Waals surface area (Å²) in [5.74, 6) is -2.03. The normalized spacial score (nSPS) is 13.7. The van der Waals surface area contributed by atoms with E-state index in [0.29, 0.717) is 129 Å². The number of aromatic carboxylic acids is 2. The van der Waals surface area contributed by atoms with Gasteiger partial charge in [-0.15, -0.1) is 45.3 Å². The summed E-state index contributed by atoms with van der Waals surface area (Å²) in [6.45, 7) is 15.7. The maximum absolute atomic E-state index is 13.9. The van der Waals surface area contributed by atoms with E-state index in [-0.39, 0.29) is 61.4 Å². The number of nitrogens with one attached hydrogen (secondary N) is 5. The summed E-state index contributed by atoms with van der Waals surface area (Å²) in [6, 6.07) is 53.4. The highest BCUT2D eigenvalue weighted by Gasteiger charge is 2.41. The van der Waals surface area contributed by atoms with Crippen LogP contribution in [0.15, 0.2) is 232 Å². The fraction of sp³-hybridized carbons (Fsp3) is 0.147. The quantitative estimate of drug-likeness (QED) is 0.0370. The molecule has 9 amide bonds. The number of nitrogens with zero attached hydrogens (tertiary/aromatic N) is 20. The fourth-order valence-corrected chi connectivity index (χ4v) is 21.7. The van der Waals surface area contributed by atoms with E-state index in [1.165, 1.54) is 98.2 Å². The molecule has 37 nitrogen and oxygen atoms in total. The van der Waals surface area contributed by atoms with Crippen LogP contribution in [0.4, 0.5) is 107 Å². The van der Waals surface area contributed by atoms with Crippen molar-refractivity contribution in [3.63, 3.8) is 0 Å². The van der Waals surface area contributed by atoms with Crippen LogP contribution < -0.4 is 46.2 Å². The Morgan fingerprint density at radius 3 is 1.33 bits per heavy atom. The molecule has 728 valence electrons. The van der Waals surface area contributed by atoms with E-state index in [2.05, 4.69) is 102 Å². The van der Waals surface area contributed by atoms with Gasteiger partial charge >= 0.3 is 42.0 Å². The van der Waals surface area contributed by atoms with Gasteiger partial charge in [-0.1, -0.05) is 87.0 Å². The predicted molar refractivity (Wildman–Crippen MR) is 550 cm³/mol. The molecule has 17 heterocycles. The van der Waals surface area contributed by atoms with Gasteiger partial charge in [0.25, 0.3) is 5.91 Å². The number of amides is 9. The predicted octanol–water partition coefficient (Wildman–Crippen LogP) is 21.2. The molecule has 5 aliphatic rings. The topological polar surface area (TPSA) is 433 Å². The number of urea groups is 4. The summed E-state index contributed by atoms with van der Waals surface area (Å²) >= 11 is 4.35. The number of ether oxygens (including phenoxy) is 2. The third-order valence-corrected chi connectivity index (χ3v) is 29.0. The number of esters is 1. The maximum atomic E-state index is 13.9. The van der Waals surface area contributed by atoms with Gasteiger partial charge in [0.15, 0.2) is 23.3 Å². The molecule has 0 bridgehead atoms. The Kier molecular flexibility index (Phi) is 24.2. The van der Waals surface area contributed by atoms with Crippen molar-refractivity contribution < 1.29 is 71.2 Å². The van der Waals surface area contributed by atoms with Gasteiger partial charge in [0.1, 0.15) is 87.4 Å². The molecule has 44 heteroatoms. The first-order valence-electron chi connectivity index (χ1n) is 45.5. The standard InChI is InChI=1S/C33H34N8O3S.C24H17FN6O3S.C23H14FN5O3S.C22H13FN6O3S/c1-20-5-11-23(12-6-20)41-25(17-24(38-41)33(2,3)4)40-29-26-27(37-32(40)43)28(45-31(26)35-19-34-29)30(42)36-22-9-7-21(8-10-22)18-39-13-15-44-16-14-39;1-2-34-23(32)20-19-18-21(26-12-27-22(18)35-20)31(24(33)29-19)16-6-7-17-14(9-16)10-28-30(17)11-13-4-3-5-15(25)8-13;24-14-3-1-2-12(8-14)10-28-7-6-13-9-15(4-5-16(13)28)29-20-17-18(27-23(29)32)19(22(30)31)33-21(17)26-11-25-20;23-13-3-1-2-11(6-13)9-28-15-5-4-14(7-12(15)8-26-28)29-19-16-17(27-22(29)32)18(21(30)31)33-20(16)25-10-24-19/h5-12,17,19H,13-16,18H2,1-4H3,(H,36,42)(H,37,43);3-10,12H,2,11H2,1H3,(H,29,33);1-9,11H,10H2,(H,27,32)(H,30,31);1-8,10H,9H2,(H,27,32)(H,30,31). The zero-order valence-electron chi connectivity index (χ0n) is 77.5. The molecule has 20 aromatic rings. The zero-order valence-corrected chi connectivity index (χ0v) is 80.8. The molecule has 0 saturated carbocycles. The highest BCUT2D eigenvalue weighted by molar-refractivity contribution is 7.22. The van der Waals surface area contributed by atoms with Crippen molar-refractivity contribution in [2.45, 2.75) is 66.2 Å². The van der Waals surface area contributed by atoms with Crippen LogP contribution in [-0.2, 0) is 41.1 Å². The van der Waals surface area contributed by atoms with Crippen LogP contribution in [0.25, 0.3) is 79.3 Å². The number of carboxylic acid groups (broad SMARTS) is 2. The first kappa shape index (κ1) is 93.3. The summed E-state index contributed by atoms with van der Waals surface area (Å²) in [6.07, 6.45) is 10.7. The summed E-state index contributed by atoms with van der Waals surface area (Å²) in [5.41, 5.74) is 12.2. The van der Waals surface area contributed by atoms with Crippen molar-refractivity contribution in [2.75, 3.05) is 79.1 Å². The third-order valence-electron chi connectivity index (χ3n) is 24.7. The molecule has 1 fully saturated rings. The molecule has 0 radical (unpaired) electrons. The molecule has 1 saturated heterocycles. The van der Waals surface area contributed by atoms with Crippen LogP contribution in [-0.4, -0.2) is 170 Å². The number of hydrogen-bond acceptors (Lipinski definition) is 26. The van der Waals surface area contributed by atoms with Gasteiger partial charge in [-0.2, -0.15) is 15.3 Å². The molecule has 0 atom stereocenters. The van der Waals surface area contributed by atoms with Crippen molar-refractivity contribution in [2.24, 2.45) is 0 Å². The van der Waals surface area contributed by atoms with Crippen molar-refractivity contribution in [1.29, 1.82) is 0 Å². The molecule has 8 aromatic carbocycles. The molecule has 5 aliphatic heterocycles. The van der Waals surface area contributed by atoms with Gasteiger partial charge in [-0.05, 0) is 157 Å². The van der Waals surface area contributed by atoms with Gasteiger partial charge < -0.3 is 50.8 Å². The van der Waals surface area contributed by atoms with Gasteiger partial charge in [-0.3, -0.25) is 19.1 Å². The minimum absolute atomic E-state index is 0.00817. The highest BCUT2D eigenvalue weighted by atomic mass is 32.1. The number of benzene rings is 8. The molecular weight excluding hydrogens is 1950 g/mol. The van der Waals surface area contributed by atoms with Crippen LogP contribution in [0.1, 0.15) is 99.9 Å². The average Bonchev–Trinajstić information content (AvgIpc) is 1.57. The number of aromatic nitrogens is 15. The van der Waals surface area contributed by atoms with Gasteiger partial charge in [0, 0.05) is 71.2 Å². The highest BCUT2D eigenvalue weighted by Crippen LogP contribution is 2.51. The largest absolute Gasteiger partial charge is 0.477 e. The molecule has 25 rings (SSSR count). The van der Waals surface area contributed by atoms with E-state index in [9.17, 15) is 61.7 Å². The number of morpholine rings is 1. The SMILES string of the molecule is CCOC(=O)c1sc2ncnc3c2c1NC(=O)N3c1ccc2c(cnn2Cc2cccc(F)c2)c1.Cc1ccc(-n2nc(C(C)(C)C)cc2N2C(=O)Nc3c(C(=O)Nc4ccc(CN5CCOCC5)cc4)sc4ncnc2c34)cc1.O=C(O)c1sc2ncnc3c2c1NC(=O)N3c1ccc2c(ccn2Cc2cccc(F)c2)c1.O=C(O)c1sc2ncnc3c2c1NC(=O)N3c1ccc2c(cnn2Cc2cccc(F)c2)c1. The first-order chi connectivity index (χ1) is 70.7. The lowest BCUT2D eigenvalue weighted by molar-refractivity contribution is 0.0342. The summed E-state index contributed by atoms with van der Waals surface area (Å²) < 4.78 is 58.5. The van der Waals surface area contributed by atoms with Crippen molar-refractivity contribution in [1.82, 2.24) is 78.7 Å². The minimum atomic E-state index is -1.14. The smallest absolute Gasteiger partial charge is 0.350 e. The second-order valence-electron chi connectivity index (χ2n) is 35.2. The van der Waals surface area contributed by atoms with Crippen molar-refractivity contribution in [3.05, 3.63) is 302 Å². The molecular formula is C102H78F3N25O12S4. The van der Waals surface area contributed by atoms with Gasteiger partial charge in [0.2, 0.25) is 0 Å². The fourth-order valence-electron chi connectivity index (χ4n) is 17.9. The van der Waals surface area contributed by atoms with E-state index < -0.39 is 42.0 Å². The van der Waals surface area contributed by atoms with Crippen molar-refractivity contribution in [3.8, 4) is 5.69 Å². The zero-order chi connectivity index (χ0) is 101. The summed E-state index contributed by atoms with van der Waals surface area (Å²) in [4.78, 5) is 148. The third kappa shape index (κ3) is 17.6. The number of fused-ring (bicyclic) bond motifs is 3. The summed E-state index contributed by atoms with van der Waals surface area (Å²) in [5, 5.41) is 51.6. The number of thiophene rings is 4. The Morgan fingerprint density at radius 2 is 0.870 bits per heavy atom. The van der Waals surface area contributed by atoms with E-state index in [4.69, 9.17) is 14.6 Å². The summed E-state index contributed by atoms with van der Waals surface area (Å²) in [7, 11) is 0. The van der Waals surface area contributed by atoms with Crippen LogP contribution >= 0.6 is 45.3 Å². The van der Waals surface area contributed by atoms with Gasteiger partial charge in [0.05, 0.1) is 129 Å². The van der Waals surface area contributed by atoms with Crippen LogP contribution in [0.3, 0.4) is 0 Å². The van der Waals surface area contributed by atoms with E-state index in [1.54, 1.807) is 75.8 Å². The monoisotopic (exact) mass is 2030 g/mol. The van der Waals surface area contributed by atoms with Crippen molar-refractivity contribution >= 4 is 241 Å². The van der Waals surface area contributed by atoms with E-state index in [0.717, 1.165) is 133 Å². The number of carboxylic acids is 2. The van der Waals surface area contributed by atoms with Crippen LogP contribution in [0.5, 0.6) is 0 Å². The Hall–Kier alpha value is -17.7. The van der Waals surface area contributed by atoms with E-state index in [1.807, 2.05) is 127 Å². The number of carbonyl (C=O) groups is 8. The van der Waals surface area contributed by atoms with Crippen LogP contribution in [0, 0.1) is 24.4 Å². The van der Waals surface area contributed by atoms with E-state index >= 15 is 0 Å². The Morgan fingerprint density at radius 1 is 0.452 bits per heavy atom. The molecule has 12 aromatic heterocycles. The second kappa shape index (κ2) is 37.9. The Labute approximate surface area is 839 Å². The molecule has 0 aliphatic carbocycles. The molecule has 0 spiro atoms. The molecule has 146 heavy (non-hydrogen) atoms. The molecule has 7 N–H and O–H groups in total. The number of hydrogen-bond donors (Lipinski definition) is 7. The maximum Gasteiger partial charge on any atom is 0.350 e. The Balaban J connectivity index is 0.000000112. The van der Waals surface area contributed by atoms with Crippen LogP contribution in [0.2, 0.25) is 0 Å². The lowest BCUT2D eigenvalue weighted by Gasteiger charge is -2.27.